The highest BCUT2D eigenvalue weighted by molar-refractivity contribution is 6.30. The Labute approximate surface area is 112 Å². The lowest BCUT2D eigenvalue weighted by Gasteiger charge is -2.07. The van der Waals surface area contributed by atoms with Crippen molar-refractivity contribution in [2.75, 3.05) is 0 Å². The summed E-state index contributed by atoms with van der Waals surface area (Å²) in [6.45, 7) is 6.10. The molecule has 4 heteroatoms. The Morgan fingerprint density at radius 1 is 1.11 bits per heavy atom. The molecule has 0 aliphatic rings. The number of pyridine rings is 1. The molecule has 0 aliphatic heterocycles. The van der Waals surface area contributed by atoms with Crippen LogP contribution in [0.15, 0.2) is 18.3 Å². The zero-order valence-electron chi connectivity index (χ0n) is 10.9. The fraction of sp³-hybridized carbons (Fsp3) is 0.357. The smallest absolute Gasteiger partial charge is 0.154 e. The zero-order chi connectivity index (χ0) is 13.1. The summed E-state index contributed by atoms with van der Waals surface area (Å²) in [7, 11) is 0. The van der Waals surface area contributed by atoms with Crippen molar-refractivity contribution in [2.24, 2.45) is 0 Å². The number of nitrogens with zero attached hydrogens (tertiary/aromatic N) is 3. The SMILES string of the molecule is CCc1ccc(Cc2nnc(Cl)c(C)c2C)nc1. The highest BCUT2D eigenvalue weighted by Gasteiger charge is 2.09. The second-order valence-corrected chi connectivity index (χ2v) is 4.73. The van der Waals surface area contributed by atoms with Crippen LogP contribution in [-0.2, 0) is 12.8 Å². The molecule has 0 spiro atoms. The summed E-state index contributed by atoms with van der Waals surface area (Å²) in [6, 6.07) is 4.15. The number of aryl methyl sites for hydroxylation is 1. The second-order valence-electron chi connectivity index (χ2n) is 4.38. The molecule has 18 heavy (non-hydrogen) atoms. The first kappa shape index (κ1) is 13.0. The molecule has 0 unspecified atom stereocenters. The van der Waals surface area contributed by atoms with Crippen LogP contribution in [0, 0.1) is 13.8 Å². The topological polar surface area (TPSA) is 38.7 Å². The molecule has 0 aromatic carbocycles. The van der Waals surface area contributed by atoms with Crippen molar-refractivity contribution >= 4 is 11.6 Å². The Kier molecular flexibility index (Phi) is 3.92. The van der Waals surface area contributed by atoms with Crippen LogP contribution in [0.1, 0.15) is 35.0 Å². The Hall–Kier alpha value is -1.48. The molecule has 2 aromatic heterocycles. The highest BCUT2D eigenvalue weighted by Crippen LogP contribution is 2.19. The van der Waals surface area contributed by atoms with Gasteiger partial charge < -0.3 is 0 Å². The maximum absolute atomic E-state index is 5.94. The van der Waals surface area contributed by atoms with Gasteiger partial charge in [0.05, 0.1) is 5.69 Å². The molecule has 0 radical (unpaired) electrons. The number of hydrogen-bond donors (Lipinski definition) is 0. The molecule has 0 aliphatic carbocycles. The number of hydrogen-bond acceptors (Lipinski definition) is 3. The van der Waals surface area contributed by atoms with Crippen molar-refractivity contribution in [3.8, 4) is 0 Å². The standard InChI is InChI=1S/C14H16ClN3/c1-4-11-5-6-12(16-8-11)7-13-9(2)10(3)14(15)18-17-13/h5-6,8H,4,7H2,1-3H3. The average Bonchev–Trinajstić information content (AvgIpc) is 2.40. The number of rotatable bonds is 3. The normalized spacial score (nSPS) is 10.7. The van der Waals surface area contributed by atoms with Crippen molar-refractivity contribution in [2.45, 2.75) is 33.6 Å². The zero-order valence-corrected chi connectivity index (χ0v) is 11.6. The number of halogens is 1. The van der Waals surface area contributed by atoms with Crippen LogP contribution in [0.5, 0.6) is 0 Å². The molecule has 0 amide bonds. The molecular formula is C14H16ClN3. The summed E-state index contributed by atoms with van der Waals surface area (Å²) >= 11 is 5.94. The summed E-state index contributed by atoms with van der Waals surface area (Å²) < 4.78 is 0. The van der Waals surface area contributed by atoms with Crippen molar-refractivity contribution in [3.63, 3.8) is 0 Å². The molecule has 2 aromatic rings. The van der Waals surface area contributed by atoms with E-state index >= 15 is 0 Å². The van der Waals surface area contributed by atoms with E-state index in [1.807, 2.05) is 26.1 Å². The number of aromatic nitrogens is 3. The van der Waals surface area contributed by atoms with Crippen LogP contribution in [0.25, 0.3) is 0 Å². The van der Waals surface area contributed by atoms with E-state index in [-0.39, 0.29) is 0 Å². The molecule has 94 valence electrons. The van der Waals surface area contributed by atoms with Gasteiger partial charge in [-0.1, -0.05) is 24.6 Å². The lowest BCUT2D eigenvalue weighted by molar-refractivity contribution is 0.887. The fourth-order valence-electron chi connectivity index (χ4n) is 1.73. The van der Waals surface area contributed by atoms with Gasteiger partial charge in [0.25, 0.3) is 0 Å². The maximum atomic E-state index is 5.94. The van der Waals surface area contributed by atoms with Crippen LogP contribution in [0.2, 0.25) is 5.15 Å². The van der Waals surface area contributed by atoms with Gasteiger partial charge in [-0.25, -0.2) is 0 Å². The maximum Gasteiger partial charge on any atom is 0.154 e. The van der Waals surface area contributed by atoms with E-state index in [1.165, 1.54) is 5.56 Å². The second kappa shape index (κ2) is 5.44. The first-order valence-electron chi connectivity index (χ1n) is 6.04. The summed E-state index contributed by atoms with van der Waals surface area (Å²) in [5, 5.41) is 8.59. The van der Waals surface area contributed by atoms with E-state index < -0.39 is 0 Å². The van der Waals surface area contributed by atoms with Gasteiger partial charge in [0.2, 0.25) is 0 Å². The summed E-state index contributed by atoms with van der Waals surface area (Å²) in [5.74, 6) is 0. The molecule has 3 nitrogen and oxygen atoms in total. The fourth-order valence-corrected chi connectivity index (χ4v) is 1.91. The molecule has 0 saturated heterocycles. The minimum absolute atomic E-state index is 0.477. The van der Waals surface area contributed by atoms with Crippen molar-refractivity contribution in [1.29, 1.82) is 0 Å². The Bertz CT molecular complexity index is 550. The minimum atomic E-state index is 0.477. The van der Waals surface area contributed by atoms with E-state index in [0.717, 1.165) is 28.9 Å². The predicted molar refractivity (Wildman–Crippen MR) is 72.9 cm³/mol. The molecule has 0 bridgehead atoms. The van der Waals surface area contributed by atoms with Gasteiger partial charge in [0, 0.05) is 18.3 Å². The van der Waals surface area contributed by atoms with E-state index in [9.17, 15) is 0 Å². The van der Waals surface area contributed by atoms with Crippen LogP contribution in [-0.4, -0.2) is 15.2 Å². The first-order chi connectivity index (χ1) is 8.61. The minimum Gasteiger partial charge on any atom is -0.261 e. The predicted octanol–water partition coefficient (Wildman–Crippen LogP) is 3.30. The lowest BCUT2D eigenvalue weighted by Crippen LogP contribution is -2.03. The van der Waals surface area contributed by atoms with Crippen LogP contribution in [0.3, 0.4) is 0 Å². The monoisotopic (exact) mass is 261 g/mol. The van der Waals surface area contributed by atoms with Gasteiger partial charge in [0.15, 0.2) is 5.15 Å². The largest absolute Gasteiger partial charge is 0.261 e. The molecule has 0 fully saturated rings. The van der Waals surface area contributed by atoms with Crippen LogP contribution in [0.4, 0.5) is 0 Å². The van der Waals surface area contributed by atoms with E-state index in [2.05, 4.69) is 28.2 Å². The third-order valence-electron chi connectivity index (χ3n) is 3.21. The Balaban J connectivity index is 2.25. The van der Waals surface area contributed by atoms with Gasteiger partial charge >= 0.3 is 0 Å². The van der Waals surface area contributed by atoms with E-state index in [0.29, 0.717) is 11.6 Å². The van der Waals surface area contributed by atoms with Gasteiger partial charge in [-0.3, -0.25) is 4.98 Å². The Morgan fingerprint density at radius 2 is 1.89 bits per heavy atom. The molecule has 2 heterocycles. The third-order valence-corrected chi connectivity index (χ3v) is 3.57. The van der Waals surface area contributed by atoms with Gasteiger partial charge in [-0.05, 0) is 43.0 Å². The third kappa shape index (κ3) is 2.67. The van der Waals surface area contributed by atoms with Crippen molar-refractivity contribution in [3.05, 3.63) is 51.6 Å². The van der Waals surface area contributed by atoms with Gasteiger partial charge in [0.1, 0.15) is 0 Å². The summed E-state index contributed by atoms with van der Waals surface area (Å²) in [6.07, 6.45) is 3.62. The summed E-state index contributed by atoms with van der Waals surface area (Å²) in [5.41, 5.74) is 5.28. The molecule has 0 saturated carbocycles. The Morgan fingerprint density at radius 3 is 2.50 bits per heavy atom. The average molecular weight is 262 g/mol. The van der Waals surface area contributed by atoms with E-state index in [4.69, 9.17) is 11.6 Å². The van der Waals surface area contributed by atoms with Crippen LogP contribution < -0.4 is 0 Å². The molecular weight excluding hydrogens is 246 g/mol. The van der Waals surface area contributed by atoms with Crippen LogP contribution >= 0.6 is 11.6 Å². The molecule has 0 N–H and O–H groups in total. The highest BCUT2D eigenvalue weighted by atomic mass is 35.5. The lowest BCUT2D eigenvalue weighted by atomic mass is 10.1. The van der Waals surface area contributed by atoms with Crippen molar-refractivity contribution in [1.82, 2.24) is 15.2 Å². The summed E-state index contributed by atoms with van der Waals surface area (Å²) in [4.78, 5) is 4.44. The van der Waals surface area contributed by atoms with E-state index in [1.54, 1.807) is 0 Å². The quantitative estimate of drug-likeness (QED) is 0.851. The van der Waals surface area contributed by atoms with Gasteiger partial charge in [-0.15, -0.1) is 5.10 Å². The van der Waals surface area contributed by atoms with Gasteiger partial charge in [-0.2, -0.15) is 5.10 Å². The van der Waals surface area contributed by atoms with Crippen molar-refractivity contribution < 1.29 is 0 Å². The molecule has 0 atom stereocenters. The first-order valence-corrected chi connectivity index (χ1v) is 6.41. The molecule has 2 rings (SSSR count).